The van der Waals surface area contributed by atoms with Crippen LogP contribution in [0.1, 0.15) is 0 Å². The predicted octanol–water partition coefficient (Wildman–Crippen LogP) is 15.5. The van der Waals surface area contributed by atoms with Crippen molar-refractivity contribution in [2.24, 2.45) is 0 Å². The molecule has 9 aromatic carbocycles. The van der Waals surface area contributed by atoms with Crippen LogP contribution >= 0.6 is 0 Å². The first kappa shape index (κ1) is 31.6. The maximum absolute atomic E-state index is 6.83. The average molecular weight is 733 g/mol. The lowest BCUT2D eigenvalue weighted by atomic mass is 10.00. The summed E-state index contributed by atoms with van der Waals surface area (Å²) in [7, 11) is 0. The van der Waals surface area contributed by atoms with Gasteiger partial charge in [-0.2, -0.15) is 0 Å². The van der Waals surface area contributed by atoms with Crippen LogP contribution < -0.4 is 9.80 Å². The topological polar surface area (TPSA) is 45.9 Å². The van der Waals surface area contributed by atoms with Crippen LogP contribution in [-0.4, -0.2) is 0 Å². The summed E-state index contributed by atoms with van der Waals surface area (Å²) in [6.07, 6.45) is 0. The van der Waals surface area contributed by atoms with E-state index >= 15 is 0 Å². The minimum atomic E-state index is 0.805. The molecule has 0 radical (unpaired) electrons. The second-order valence-corrected chi connectivity index (χ2v) is 14.4. The van der Waals surface area contributed by atoms with Gasteiger partial charge in [-0.3, -0.25) is 0 Å². The van der Waals surface area contributed by atoms with Crippen molar-refractivity contribution >= 4 is 111 Å². The fraction of sp³-hybridized carbons (Fsp3) is 0. The zero-order valence-corrected chi connectivity index (χ0v) is 30.6. The highest BCUT2D eigenvalue weighted by Crippen LogP contribution is 2.49. The van der Waals surface area contributed by atoms with Crippen LogP contribution in [0.3, 0.4) is 0 Å². The summed E-state index contributed by atoms with van der Waals surface area (Å²) < 4.78 is 20.0. The van der Waals surface area contributed by atoms with Crippen LogP contribution in [0.5, 0.6) is 0 Å². The summed E-state index contributed by atoms with van der Waals surface area (Å²) in [4.78, 5) is 4.58. The molecule has 0 atom stereocenters. The van der Waals surface area contributed by atoms with Gasteiger partial charge in [0.2, 0.25) is 0 Å². The van der Waals surface area contributed by atoms with Crippen molar-refractivity contribution in [2.75, 3.05) is 9.80 Å². The van der Waals surface area contributed by atoms with E-state index in [4.69, 9.17) is 13.3 Å². The van der Waals surface area contributed by atoms with Crippen molar-refractivity contribution < 1.29 is 13.3 Å². The molecule has 0 N–H and O–H groups in total. The van der Waals surface area contributed by atoms with Crippen LogP contribution in [0.15, 0.2) is 207 Å². The number of rotatable bonds is 6. The van der Waals surface area contributed by atoms with Gasteiger partial charge in [0.05, 0.1) is 17.1 Å². The summed E-state index contributed by atoms with van der Waals surface area (Å²) in [6.45, 7) is 0. The minimum absolute atomic E-state index is 0.805. The van der Waals surface area contributed by atoms with Gasteiger partial charge in [0, 0.05) is 60.8 Å². The van der Waals surface area contributed by atoms with Crippen LogP contribution in [0.4, 0.5) is 34.1 Å². The Balaban J connectivity index is 1.10. The summed E-state index contributed by atoms with van der Waals surface area (Å²) in [6, 6.07) is 67.5. The minimum Gasteiger partial charge on any atom is -0.456 e. The molecule has 0 saturated heterocycles. The zero-order chi connectivity index (χ0) is 37.5. The van der Waals surface area contributed by atoms with Crippen LogP contribution in [-0.2, 0) is 0 Å². The standard InChI is InChI=1S/C52H32N2O3/c1-3-15-33(16-4-1)53(43-25-13-23-40-37-20-9-11-27-46(37)56-51(40)43)35-29-30-48-42(31-35)50-39-22-8-7-19-36(39)45(32-49(50)55-48)54(34-17-5-2-6-18-34)44-26-14-24-41-38-21-10-12-28-47(38)57-52(41)44/h1-32H. The monoisotopic (exact) mass is 732 g/mol. The van der Waals surface area contributed by atoms with Gasteiger partial charge in [-0.25, -0.2) is 0 Å². The van der Waals surface area contributed by atoms with Crippen LogP contribution in [0, 0.1) is 0 Å². The SMILES string of the molecule is c1ccc(N(c2ccc3oc4cc(N(c5ccccc5)c5cccc6c5oc5ccccc56)c5ccccc5c4c3c2)c2cccc3c2oc2ccccc23)cc1. The molecular weight excluding hydrogens is 701 g/mol. The number of hydrogen-bond acceptors (Lipinski definition) is 5. The molecule has 3 heterocycles. The van der Waals surface area contributed by atoms with Crippen molar-refractivity contribution in [1.82, 2.24) is 0 Å². The Morgan fingerprint density at radius 2 is 0.754 bits per heavy atom. The van der Waals surface area contributed by atoms with Gasteiger partial charge in [0.25, 0.3) is 0 Å². The normalized spacial score (nSPS) is 11.9. The number of anilines is 6. The summed E-state index contributed by atoms with van der Waals surface area (Å²) in [5, 5.41) is 8.65. The van der Waals surface area contributed by atoms with E-state index < -0.39 is 0 Å². The first-order valence-corrected chi connectivity index (χ1v) is 19.2. The van der Waals surface area contributed by atoms with Gasteiger partial charge in [0.15, 0.2) is 11.2 Å². The fourth-order valence-corrected chi connectivity index (χ4v) is 8.74. The highest BCUT2D eigenvalue weighted by atomic mass is 16.3. The molecule has 0 amide bonds. The second-order valence-electron chi connectivity index (χ2n) is 14.4. The summed E-state index contributed by atoms with van der Waals surface area (Å²) >= 11 is 0. The van der Waals surface area contributed by atoms with Crippen molar-refractivity contribution in [1.29, 1.82) is 0 Å². The Hall–Kier alpha value is -7.76. The van der Waals surface area contributed by atoms with E-state index in [2.05, 4.69) is 174 Å². The molecule has 268 valence electrons. The molecular formula is C52H32N2O3. The van der Waals surface area contributed by atoms with Crippen LogP contribution in [0.2, 0.25) is 0 Å². The second kappa shape index (κ2) is 12.4. The number of fused-ring (bicyclic) bond motifs is 11. The lowest BCUT2D eigenvalue weighted by Gasteiger charge is -2.27. The Bertz CT molecular complexity index is 3490. The average Bonchev–Trinajstić information content (AvgIpc) is 3.97. The van der Waals surface area contributed by atoms with Gasteiger partial charge in [-0.1, -0.05) is 121 Å². The van der Waals surface area contributed by atoms with E-state index in [0.717, 1.165) is 111 Å². The van der Waals surface area contributed by atoms with E-state index in [0.29, 0.717) is 0 Å². The zero-order valence-electron chi connectivity index (χ0n) is 30.6. The molecule has 0 spiro atoms. The number of hydrogen-bond donors (Lipinski definition) is 0. The fourth-order valence-electron chi connectivity index (χ4n) is 8.74. The molecule has 0 saturated carbocycles. The molecule has 0 unspecified atom stereocenters. The lowest BCUT2D eigenvalue weighted by molar-refractivity contribution is 0.667. The van der Waals surface area contributed by atoms with Crippen molar-refractivity contribution in [3.05, 3.63) is 194 Å². The maximum atomic E-state index is 6.83. The van der Waals surface area contributed by atoms with Crippen molar-refractivity contribution in [3.8, 4) is 0 Å². The molecule has 3 aromatic heterocycles. The predicted molar refractivity (Wildman–Crippen MR) is 235 cm³/mol. The number of para-hydroxylation sites is 6. The van der Waals surface area contributed by atoms with E-state index in [1.54, 1.807) is 0 Å². The largest absolute Gasteiger partial charge is 0.456 e. The number of benzene rings is 9. The molecule has 5 heteroatoms. The molecule has 57 heavy (non-hydrogen) atoms. The quantitative estimate of drug-likeness (QED) is 0.170. The van der Waals surface area contributed by atoms with Gasteiger partial charge in [0.1, 0.15) is 22.3 Å². The van der Waals surface area contributed by atoms with Gasteiger partial charge >= 0.3 is 0 Å². The third-order valence-electron chi connectivity index (χ3n) is 11.2. The highest BCUT2D eigenvalue weighted by Gasteiger charge is 2.25. The van der Waals surface area contributed by atoms with Gasteiger partial charge in [-0.15, -0.1) is 0 Å². The van der Waals surface area contributed by atoms with E-state index in [9.17, 15) is 0 Å². The molecule has 12 rings (SSSR count). The molecule has 0 bridgehead atoms. The number of furan rings is 3. The smallest absolute Gasteiger partial charge is 0.159 e. The molecule has 5 nitrogen and oxygen atoms in total. The lowest BCUT2D eigenvalue weighted by Crippen LogP contribution is -2.10. The first-order chi connectivity index (χ1) is 28.3. The highest BCUT2D eigenvalue weighted by molar-refractivity contribution is 6.24. The molecule has 0 aliphatic carbocycles. The van der Waals surface area contributed by atoms with Crippen molar-refractivity contribution in [2.45, 2.75) is 0 Å². The van der Waals surface area contributed by atoms with Crippen LogP contribution in [0.25, 0.3) is 76.6 Å². The van der Waals surface area contributed by atoms with Gasteiger partial charge < -0.3 is 23.1 Å². The van der Waals surface area contributed by atoms with Crippen molar-refractivity contribution in [3.63, 3.8) is 0 Å². The molecule has 0 fully saturated rings. The van der Waals surface area contributed by atoms with Gasteiger partial charge in [-0.05, 0) is 72.1 Å². The maximum Gasteiger partial charge on any atom is 0.159 e. The molecule has 0 aliphatic heterocycles. The summed E-state index contributed by atoms with van der Waals surface area (Å²) in [5.74, 6) is 0. The Kier molecular flexibility index (Phi) is 6.86. The molecule has 0 aliphatic rings. The van der Waals surface area contributed by atoms with E-state index in [1.807, 2.05) is 30.3 Å². The third kappa shape index (κ3) is 4.82. The summed E-state index contributed by atoms with van der Waals surface area (Å²) in [5.41, 5.74) is 11.0. The molecule has 12 aromatic rings. The third-order valence-corrected chi connectivity index (χ3v) is 11.2. The Morgan fingerprint density at radius 1 is 0.263 bits per heavy atom. The first-order valence-electron chi connectivity index (χ1n) is 19.2. The Morgan fingerprint density at radius 3 is 1.39 bits per heavy atom. The number of nitrogens with zero attached hydrogens (tertiary/aromatic N) is 2. The van der Waals surface area contributed by atoms with E-state index in [1.165, 1.54) is 0 Å². The van der Waals surface area contributed by atoms with E-state index in [-0.39, 0.29) is 0 Å². The Labute approximate surface area is 326 Å².